The van der Waals surface area contributed by atoms with Gasteiger partial charge in [-0.2, -0.15) is 0 Å². The number of carbonyl (C=O) groups excluding carboxylic acids is 2. The van der Waals surface area contributed by atoms with Crippen LogP contribution in [0.1, 0.15) is 25.7 Å². The highest BCUT2D eigenvalue weighted by molar-refractivity contribution is 9.09. The molecule has 0 radical (unpaired) electrons. The molecule has 1 fully saturated rings. The van der Waals surface area contributed by atoms with Crippen LogP contribution in [0.2, 0.25) is 0 Å². The minimum atomic E-state index is -0.161. The fourth-order valence-electron chi connectivity index (χ4n) is 1.57. The third-order valence-electron chi connectivity index (χ3n) is 2.29. The van der Waals surface area contributed by atoms with Gasteiger partial charge in [0.05, 0.1) is 11.9 Å². The van der Waals surface area contributed by atoms with Gasteiger partial charge in [0.15, 0.2) is 0 Å². The number of amides is 2. The molecular formula is C9H15BrN2O2. The zero-order valence-corrected chi connectivity index (χ0v) is 9.60. The Hall–Kier alpha value is -0.580. The lowest BCUT2D eigenvalue weighted by Gasteiger charge is -2.11. The highest BCUT2D eigenvalue weighted by Crippen LogP contribution is 2.17. The van der Waals surface area contributed by atoms with E-state index < -0.39 is 0 Å². The molecule has 4 nitrogen and oxygen atoms in total. The lowest BCUT2D eigenvalue weighted by atomic mass is 10.2. The summed E-state index contributed by atoms with van der Waals surface area (Å²) in [5.41, 5.74) is 0. The normalized spacial score (nSPS) is 16.6. The van der Waals surface area contributed by atoms with E-state index in [-0.39, 0.29) is 23.7 Å². The third kappa shape index (κ3) is 4.09. The summed E-state index contributed by atoms with van der Waals surface area (Å²) < 4.78 is 0. The number of halogens is 1. The molecule has 0 aromatic carbocycles. The van der Waals surface area contributed by atoms with E-state index in [1.54, 1.807) is 0 Å². The van der Waals surface area contributed by atoms with Gasteiger partial charge >= 0.3 is 0 Å². The summed E-state index contributed by atoms with van der Waals surface area (Å²) >= 11 is 3.01. The molecule has 5 heteroatoms. The Morgan fingerprint density at radius 2 is 1.86 bits per heavy atom. The molecule has 1 rings (SSSR count). The first-order chi connectivity index (χ1) is 6.72. The van der Waals surface area contributed by atoms with Gasteiger partial charge in [0, 0.05) is 6.04 Å². The zero-order chi connectivity index (χ0) is 10.4. The largest absolute Gasteiger partial charge is 0.352 e. The van der Waals surface area contributed by atoms with Crippen molar-refractivity contribution >= 4 is 27.7 Å². The van der Waals surface area contributed by atoms with Crippen LogP contribution in [0.25, 0.3) is 0 Å². The van der Waals surface area contributed by atoms with Crippen molar-refractivity contribution in [2.24, 2.45) is 0 Å². The molecule has 0 heterocycles. The van der Waals surface area contributed by atoms with Gasteiger partial charge in [-0.3, -0.25) is 9.59 Å². The average Bonchev–Trinajstić information content (AvgIpc) is 2.66. The maximum absolute atomic E-state index is 11.3. The van der Waals surface area contributed by atoms with Gasteiger partial charge in [-0.25, -0.2) is 0 Å². The van der Waals surface area contributed by atoms with Crippen LogP contribution in [0, 0.1) is 0 Å². The Bertz CT molecular complexity index is 215. The van der Waals surface area contributed by atoms with E-state index in [0.717, 1.165) is 12.8 Å². The van der Waals surface area contributed by atoms with E-state index in [1.165, 1.54) is 12.8 Å². The Kier molecular flexibility index (Phi) is 4.93. The van der Waals surface area contributed by atoms with Crippen molar-refractivity contribution in [3.05, 3.63) is 0 Å². The Labute approximate surface area is 91.9 Å². The number of rotatable bonds is 4. The molecule has 0 aliphatic heterocycles. The fourth-order valence-corrected chi connectivity index (χ4v) is 1.77. The number of alkyl halides is 1. The number of nitrogens with one attached hydrogen (secondary N) is 2. The summed E-state index contributed by atoms with van der Waals surface area (Å²) in [6, 6.07) is 0.323. The van der Waals surface area contributed by atoms with E-state index in [0.29, 0.717) is 6.04 Å². The van der Waals surface area contributed by atoms with Crippen LogP contribution >= 0.6 is 15.9 Å². The van der Waals surface area contributed by atoms with Crippen molar-refractivity contribution in [2.45, 2.75) is 31.7 Å². The molecule has 1 aliphatic carbocycles. The standard InChI is InChI=1S/C9H15BrN2O2/c10-5-8(13)11-6-9(14)12-7-3-1-2-4-7/h7H,1-6H2,(H,11,13)(H,12,14). The molecule has 2 N–H and O–H groups in total. The molecule has 0 unspecified atom stereocenters. The summed E-state index contributed by atoms with van der Waals surface area (Å²) in [5, 5.41) is 5.64. The molecular weight excluding hydrogens is 248 g/mol. The van der Waals surface area contributed by atoms with E-state index in [9.17, 15) is 9.59 Å². The minimum absolute atomic E-state index is 0.0843. The summed E-state index contributed by atoms with van der Waals surface area (Å²) in [5.74, 6) is -0.252. The molecule has 0 aromatic heterocycles. The second-order valence-corrected chi connectivity index (χ2v) is 4.02. The molecule has 1 aliphatic rings. The van der Waals surface area contributed by atoms with Crippen LogP contribution in [0.5, 0.6) is 0 Å². The van der Waals surface area contributed by atoms with Crippen molar-refractivity contribution in [1.82, 2.24) is 10.6 Å². The van der Waals surface area contributed by atoms with E-state index >= 15 is 0 Å². The first kappa shape index (κ1) is 11.5. The van der Waals surface area contributed by atoms with Gasteiger partial charge in [-0.15, -0.1) is 0 Å². The predicted octanol–water partition coefficient (Wildman–Crippen LogP) is 0.556. The third-order valence-corrected chi connectivity index (χ3v) is 2.80. The average molecular weight is 263 g/mol. The molecule has 2 amide bonds. The highest BCUT2D eigenvalue weighted by atomic mass is 79.9. The van der Waals surface area contributed by atoms with E-state index in [4.69, 9.17) is 0 Å². The van der Waals surface area contributed by atoms with Gasteiger partial charge in [0.2, 0.25) is 11.8 Å². The molecule has 0 spiro atoms. The Morgan fingerprint density at radius 3 is 2.43 bits per heavy atom. The maximum atomic E-state index is 11.3. The van der Waals surface area contributed by atoms with Gasteiger partial charge in [0.25, 0.3) is 0 Å². The Balaban J connectivity index is 2.12. The van der Waals surface area contributed by atoms with Crippen LogP contribution in [-0.4, -0.2) is 29.7 Å². The monoisotopic (exact) mass is 262 g/mol. The molecule has 14 heavy (non-hydrogen) atoms. The minimum Gasteiger partial charge on any atom is -0.352 e. The van der Waals surface area contributed by atoms with Crippen molar-refractivity contribution < 1.29 is 9.59 Å². The number of carbonyl (C=O) groups is 2. The van der Waals surface area contributed by atoms with Crippen molar-refractivity contribution in [3.8, 4) is 0 Å². The van der Waals surface area contributed by atoms with Crippen LogP contribution in [0.4, 0.5) is 0 Å². The topological polar surface area (TPSA) is 58.2 Å². The molecule has 0 atom stereocenters. The molecule has 80 valence electrons. The van der Waals surface area contributed by atoms with Crippen LogP contribution in [0.15, 0.2) is 0 Å². The smallest absolute Gasteiger partial charge is 0.239 e. The summed E-state index contributed by atoms with van der Waals surface area (Å²) in [6.45, 7) is 0.0843. The highest BCUT2D eigenvalue weighted by Gasteiger charge is 2.16. The van der Waals surface area contributed by atoms with E-state index in [2.05, 4.69) is 26.6 Å². The maximum Gasteiger partial charge on any atom is 0.239 e. The van der Waals surface area contributed by atoms with Crippen LogP contribution < -0.4 is 10.6 Å². The van der Waals surface area contributed by atoms with Gasteiger partial charge in [0.1, 0.15) is 0 Å². The lowest BCUT2D eigenvalue weighted by molar-refractivity contribution is -0.125. The van der Waals surface area contributed by atoms with Crippen molar-refractivity contribution in [2.75, 3.05) is 11.9 Å². The Morgan fingerprint density at radius 1 is 1.21 bits per heavy atom. The zero-order valence-electron chi connectivity index (χ0n) is 8.01. The number of hydrogen-bond acceptors (Lipinski definition) is 2. The van der Waals surface area contributed by atoms with Crippen LogP contribution in [0.3, 0.4) is 0 Å². The first-order valence-corrected chi connectivity index (χ1v) is 5.96. The van der Waals surface area contributed by atoms with Crippen molar-refractivity contribution in [1.29, 1.82) is 0 Å². The van der Waals surface area contributed by atoms with Crippen LogP contribution in [-0.2, 0) is 9.59 Å². The van der Waals surface area contributed by atoms with Gasteiger partial charge in [-0.05, 0) is 12.8 Å². The molecule has 0 bridgehead atoms. The molecule has 0 aromatic rings. The summed E-state index contributed by atoms with van der Waals surface area (Å²) in [6.07, 6.45) is 4.52. The fraction of sp³-hybridized carbons (Fsp3) is 0.778. The molecule has 0 saturated heterocycles. The van der Waals surface area contributed by atoms with E-state index in [1.807, 2.05) is 0 Å². The SMILES string of the molecule is O=C(CBr)NCC(=O)NC1CCCC1. The van der Waals surface area contributed by atoms with Crippen molar-refractivity contribution in [3.63, 3.8) is 0 Å². The lowest BCUT2D eigenvalue weighted by Crippen LogP contribution is -2.41. The summed E-state index contributed by atoms with van der Waals surface area (Å²) in [4.78, 5) is 22.1. The van der Waals surface area contributed by atoms with Gasteiger partial charge in [-0.1, -0.05) is 28.8 Å². The summed E-state index contributed by atoms with van der Waals surface area (Å²) in [7, 11) is 0. The quantitative estimate of drug-likeness (QED) is 0.728. The molecule has 1 saturated carbocycles. The predicted molar refractivity (Wildman–Crippen MR) is 57.2 cm³/mol. The second-order valence-electron chi connectivity index (χ2n) is 3.46. The first-order valence-electron chi connectivity index (χ1n) is 4.84. The number of hydrogen-bond donors (Lipinski definition) is 2. The van der Waals surface area contributed by atoms with Gasteiger partial charge < -0.3 is 10.6 Å². The second kappa shape index (κ2) is 6.01.